The highest BCUT2D eigenvalue weighted by molar-refractivity contribution is 5.10. The molecule has 2 heterocycles. The van der Waals surface area contributed by atoms with E-state index in [2.05, 4.69) is 46.8 Å². The van der Waals surface area contributed by atoms with Gasteiger partial charge < -0.3 is 10.1 Å². The summed E-state index contributed by atoms with van der Waals surface area (Å²) in [5.74, 6) is 0. The van der Waals surface area contributed by atoms with Gasteiger partial charge in [0.15, 0.2) is 0 Å². The van der Waals surface area contributed by atoms with Crippen molar-refractivity contribution in [1.29, 1.82) is 0 Å². The molecule has 0 amide bonds. The molecule has 0 aliphatic carbocycles. The normalized spacial score (nSPS) is 21.6. The molecule has 1 fully saturated rings. The van der Waals surface area contributed by atoms with Crippen molar-refractivity contribution >= 4 is 0 Å². The first-order chi connectivity index (χ1) is 10.3. The smallest absolute Gasteiger partial charge is 0.0912 e. The lowest BCUT2D eigenvalue weighted by atomic mass is 10.0. The zero-order valence-corrected chi connectivity index (χ0v) is 13.7. The minimum absolute atomic E-state index is 0.207. The van der Waals surface area contributed by atoms with E-state index >= 15 is 0 Å². The van der Waals surface area contributed by atoms with E-state index in [1.54, 1.807) is 0 Å². The standard InChI is InChI=1S/C16H30N4O/c1-4-8-17-16(14-7-9-18-20(14)6-3)15-13-19(10-5-2)11-12-21-15/h7,9,15-17H,4-6,8,10-13H2,1-3H3. The van der Waals surface area contributed by atoms with Crippen LogP contribution in [0.15, 0.2) is 12.3 Å². The summed E-state index contributed by atoms with van der Waals surface area (Å²) in [5, 5.41) is 8.09. The van der Waals surface area contributed by atoms with Crippen LogP contribution < -0.4 is 5.32 Å². The maximum Gasteiger partial charge on any atom is 0.0912 e. The molecule has 5 nitrogen and oxygen atoms in total. The van der Waals surface area contributed by atoms with Gasteiger partial charge in [-0.2, -0.15) is 5.10 Å². The van der Waals surface area contributed by atoms with Crippen LogP contribution in [0.2, 0.25) is 0 Å². The SMILES string of the molecule is CCCNC(c1ccnn1CC)C1CN(CCC)CCO1. The molecule has 2 rings (SSSR count). The minimum Gasteiger partial charge on any atom is -0.374 e. The van der Waals surface area contributed by atoms with Gasteiger partial charge in [-0.1, -0.05) is 13.8 Å². The summed E-state index contributed by atoms with van der Waals surface area (Å²) in [6.45, 7) is 12.5. The molecule has 1 N–H and O–H groups in total. The van der Waals surface area contributed by atoms with Crippen LogP contribution in [0.25, 0.3) is 0 Å². The van der Waals surface area contributed by atoms with Gasteiger partial charge in [0.2, 0.25) is 0 Å². The highest BCUT2D eigenvalue weighted by Gasteiger charge is 2.30. The van der Waals surface area contributed by atoms with E-state index in [0.717, 1.165) is 45.8 Å². The highest BCUT2D eigenvalue weighted by Crippen LogP contribution is 2.22. The first kappa shape index (κ1) is 16.5. The van der Waals surface area contributed by atoms with Crippen LogP contribution in [0.4, 0.5) is 0 Å². The summed E-state index contributed by atoms with van der Waals surface area (Å²) in [6.07, 6.45) is 4.43. The molecule has 0 aromatic carbocycles. The summed E-state index contributed by atoms with van der Waals surface area (Å²) >= 11 is 0. The molecule has 1 aromatic heterocycles. The van der Waals surface area contributed by atoms with Crippen LogP contribution in [0.5, 0.6) is 0 Å². The van der Waals surface area contributed by atoms with E-state index in [-0.39, 0.29) is 12.1 Å². The molecule has 1 aliphatic heterocycles. The van der Waals surface area contributed by atoms with Crippen LogP contribution in [-0.2, 0) is 11.3 Å². The molecule has 1 saturated heterocycles. The van der Waals surface area contributed by atoms with Crippen LogP contribution in [0.3, 0.4) is 0 Å². The van der Waals surface area contributed by atoms with Gasteiger partial charge in [-0.05, 0) is 38.9 Å². The van der Waals surface area contributed by atoms with Crippen LogP contribution in [0, 0.1) is 0 Å². The molecule has 0 saturated carbocycles. The lowest BCUT2D eigenvalue weighted by Crippen LogP contribution is -2.49. The topological polar surface area (TPSA) is 42.3 Å². The number of morpholine rings is 1. The molecule has 1 aromatic rings. The van der Waals surface area contributed by atoms with Crippen molar-refractivity contribution in [3.8, 4) is 0 Å². The quantitative estimate of drug-likeness (QED) is 0.797. The van der Waals surface area contributed by atoms with Crippen LogP contribution in [0.1, 0.15) is 45.3 Å². The Balaban J connectivity index is 2.11. The molecule has 0 radical (unpaired) electrons. The van der Waals surface area contributed by atoms with Crippen molar-refractivity contribution < 1.29 is 4.74 Å². The average Bonchev–Trinajstić information content (AvgIpc) is 2.97. The second kappa shape index (κ2) is 8.51. The Morgan fingerprint density at radius 2 is 2.24 bits per heavy atom. The van der Waals surface area contributed by atoms with Gasteiger partial charge >= 0.3 is 0 Å². The van der Waals surface area contributed by atoms with E-state index in [1.165, 1.54) is 12.1 Å². The summed E-state index contributed by atoms with van der Waals surface area (Å²) < 4.78 is 8.17. The number of hydrogen-bond acceptors (Lipinski definition) is 4. The number of rotatable bonds is 8. The number of aryl methyl sites for hydroxylation is 1. The Morgan fingerprint density at radius 1 is 1.38 bits per heavy atom. The number of ether oxygens (including phenoxy) is 1. The Bertz CT molecular complexity index is 405. The van der Waals surface area contributed by atoms with Crippen molar-refractivity contribution in [2.24, 2.45) is 0 Å². The van der Waals surface area contributed by atoms with Crippen molar-refractivity contribution in [2.45, 2.75) is 52.3 Å². The average molecular weight is 294 g/mol. The van der Waals surface area contributed by atoms with Gasteiger partial charge in [0.05, 0.1) is 24.4 Å². The van der Waals surface area contributed by atoms with Gasteiger partial charge in [0.25, 0.3) is 0 Å². The van der Waals surface area contributed by atoms with Crippen molar-refractivity contribution in [2.75, 3.05) is 32.8 Å². The maximum absolute atomic E-state index is 6.09. The summed E-state index contributed by atoms with van der Waals surface area (Å²) in [7, 11) is 0. The van der Waals surface area contributed by atoms with Crippen LogP contribution in [-0.4, -0.2) is 53.6 Å². The van der Waals surface area contributed by atoms with Crippen molar-refractivity contribution in [3.63, 3.8) is 0 Å². The highest BCUT2D eigenvalue weighted by atomic mass is 16.5. The van der Waals surface area contributed by atoms with Gasteiger partial charge in [0.1, 0.15) is 0 Å². The second-order valence-corrected chi connectivity index (χ2v) is 5.71. The molecule has 5 heteroatoms. The van der Waals surface area contributed by atoms with Gasteiger partial charge in [-0.25, -0.2) is 0 Å². The Hall–Kier alpha value is -0.910. The van der Waals surface area contributed by atoms with Crippen molar-refractivity contribution in [1.82, 2.24) is 20.0 Å². The lowest BCUT2D eigenvalue weighted by Gasteiger charge is -2.37. The zero-order chi connectivity index (χ0) is 15.1. The monoisotopic (exact) mass is 294 g/mol. The van der Waals surface area contributed by atoms with E-state index in [9.17, 15) is 0 Å². The van der Waals surface area contributed by atoms with E-state index < -0.39 is 0 Å². The molecular formula is C16H30N4O. The van der Waals surface area contributed by atoms with E-state index in [4.69, 9.17) is 4.74 Å². The van der Waals surface area contributed by atoms with Crippen LogP contribution >= 0.6 is 0 Å². The third-order valence-electron chi connectivity index (χ3n) is 4.07. The molecule has 2 unspecified atom stereocenters. The number of aromatic nitrogens is 2. The number of nitrogens with zero attached hydrogens (tertiary/aromatic N) is 3. The third kappa shape index (κ3) is 4.28. The number of nitrogens with one attached hydrogen (secondary N) is 1. The minimum atomic E-state index is 0.207. The Labute approximate surface area is 128 Å². The fraction of sp³-hybridized carbons (Fsp3) is 0.812. The lowest BCUT2D eigenvalue weighted by molar-refractivity contribution is -0.0483. The zero-order valence-electron chi connectivity index (χ0n) is 13.7. The fourth-order valence-corrected chi connectivity index (χ4v) is 3.05. The summed E-state index contributed by atoms with van der Waals surface area (Å²) in [6, 6.07) is 2.35. The molecule has 2 atom stereocenters. The molecule has 0 bridgehead atoms. The Morgan fingerprint density at radius 3 is 2.95 bits per heavy atom. The second-order valence-electron chi connectivity index (χ2n) is 5.71. The first-order valence-electron chi connectivity index (χ1n) is 8.39. The first-order valence-corrected chi connectivity index (χ1v) is 8.39. The molecule has 1 aliphatic rings. The maximum atomic E-state index is 6.09. The molecule has 0 spiro atoms. The summed E-state index contributed by atoms with van der Waals surface area (Å²) in [5.41, 5.74) is 1.24. The molecule has 21 heavy (non-hydrogen) atoms. The van der Waals surface area contributed by atoms with Gasteiger partial charge in [0, 0.05) is 25.8 Å². The largest absolute Gasteiger partial charge is 0.374 e. The van der Waals surface area contributed by atoms with E-state index in [0.29, 0.717) is 0 Å². The van der Waals surface area contributed by atoms with Crippen molar-refractivity contribution in [3.05, 3.63) is 18.0 Å². The molecular weight excluding hydrogens is 264 g/mol. The third-order valence-corrected chi connectivity index (χ3v) is 4.07. The number of hydrogen-bond donors (Lipinski definition) is 1. The fourth-order valence-electron chi connectivity index (χ4n) is 3.05. The van der Waals surface area contributed by atoms with E-state index in [1.807, 2.05) is 6.20 Å². The summed E-state index contributed by atoms with van der Waals surface area (Å²) in [4.78, 5) is 2.52. The van der Waals surface area contributed by atoms with Gasteiger partial charge in [-0.15, -0.1) is 0 Å². The molecule has 120 valence electrons. The predicted molar refractivity (Wildman–Crippen MR) is 85.4 cm³/mol. The predicted octanol–water partition coefficient (Wildman–Crippen LogP) is 2.05. The Kier molecular flexibility index (Phi) is 6.67. The van der Waals surface area contributed by atoms with Gasteiger partial charge in [-0.3, -0.25) is 9.58 Å².